The number of aromatic nitrogens is 2. The summed E-state index contributed by atoms with van der Waals surface area (Å²) < 4.78 is 0. The zero-order valence-electron chi connectivity index (χ0n) is 12.1. The average molecular weight is 295 g/mol. The van der Waals surface area contributed by atoms with E-state index >= 15 is 0 Å². The van der Waals surface area contributed by atoms with Gasteiger partial charge >= 0.3 is 0 Å². The highest BCUT2D eigenvalue weighted by Gasteiger charge is 2.05. The monoisotopic (exact) mass is 295 g/mol. The number of aryl methyl sites for hydroxylation is 2. The Morgan fingerprint density at radius 1 is 1.05 bits per heavy atom. The molecule has 0 fully saturated rings. The number of benzene rings is 1. The van der Waals surface area contributed by atoms with E-state index < -0.39 is 0 Å². The first kappa shape index (κ1) is 13.8. The van der Waals surface area contributed by atoms with Crippen LogP contribution in [0.5, 0.6) is 0 Å². The van der Waals surface area contributed by atoms with Crippen LogP contribution in [-0.4, -0.2) is 9.97 Å². The number of hydrogen-bond donors (Lipinski definition) is 1. The maximum atomic E-state index is 4.63. The lowest BCUT2D eigenvalue weighted by Crippen LogP contribution is -1.93. The molecule has 3 aromatic rings. The fraction of sp³-hybridized carbons (Fsp3) is 0.176. The lowest BCUT2D eigenvalue weighted by Gasteiger charge is -2.02. The standard InChI is InChI=1S/C17H17N3S/c1-3-13-7-9-14(10-8-13)15-11-21-17(19-15)20-16-6-4-5-12(2)18-16/h4-11H,3H2,1-2H3,(H,18,19,20). The molecule has 0 saturated carbocycles. The van der Waals surface area contributed by atoms with E-state index in [9.17, 15) is 0 Å². The predicted octanol–water partition coefficient (Wildman–Crippen LogP) is 4.82. The lowest BCUT2D eigenvalue weighted by molar-refractivity contribution is 1.14. The number of thiazole rings is 1. The summed E-state index contributed by atoms with van der Waals surface area (Å²) >= 11 is 1.59. The normalized spacial score (nSPS) is 10.6. The minimum absolute atomic E-state index is 0.831. The molecule has 21 heavy (non-hydrogen) atoms. The molecule has 3 nitrogen and oxygen atoms in total. The third-order valence-electron chi connectivity index (χ3n) is 3.29. The highest BCUT2D eigenvalue weighted by Crippen LogP contribution is 2.26. The number of hydrogen-bond acceptors (Lipinski definition) is 4. The molecule has 0 amide bonds. The van der Waals surface area contributed by atoms with Crippen molar-refractivity contribution in [2.45, 2.75) is 20.3 Å². The van der Waals surface area contributed by atoms with Gasteiger partial charge in [-0.1, -0.05) is 37.3 Å². The van der Waals surface area contributed by atoms with Gasteiger partial charge in [-0.15, -0.1) is 11.3 Å². The molecule has 2 heterocycles. The highest BCUT2D eigenvalue weighted by atomic mass is 32.1. The van der Waals surface area contributed by atoms with Crippen molar-refractivity contribution >= 4 is 22.3 Å². The Morgan fingerprint density at radius 2 is 1.86 bits per heavy atom. The number of nitrogens with one attached hydrogen (secondary N) is 1. The molecule has 0 bridgehead atoms. The van der Waals surface area contributed by atoms with E-state index in [1.54, 1.807) is 11.3 Å². The third-order valence-corrected chi connectivity index (χ3v) is 4.04. The van der Waals surface area contributed by atoms with Gasteiger partial charge in [0.1, 0.15) is 5.82 Å². The van der Waals surface area contributed by atoms with Gasteiger partial charge in [0.25, 0.3) is 0 Å². The molecule has 1 aromatic carbocycles. The summed E-state index contributed by atoms with van der Waals surface area (Å²) in [4.78, 5) is 9.06. The van der Waals surface area contributed by atoms with Crippen molar-refractivity contribution in [2.75, 3.05) is 5.32 Å². The molecule has 1 N–H and O–H groups in total. The Labute approximate surface area is 128 Å². The van der Waals surface area contributed by atoms with E-state index in [4.69, 9.17) is 0 Å². The second-order valence-electron chi connectivity index (χ2n) is 4.88. The minimum Gasteiger partial charge on any atom is -0.316 e. The SMILES string of the molecule is CCc1ccc(-c2csc(Nc3cccc(C)n3)n2)cc1. The topological polar surface area (TPSA) is 37.8 Å². The Bertz CT molecular complexity index is 732. The van der Waals surface area contributed by atoms with Gasteiger partial charge in [0.15, 0.2) is 5.13 Å². The van der Waals surface area contributed by atoms with E-state index in [1.165, 1.54) is 5.56 Å². The van der Waals surface area contributed by atoms with Gasteiger partial charge in [0, 0.05) is 16.6 Å². The predicted molar refractivity (Wildman–Crippen MR) is 89.2 cm³/mol. The third kappa shape index (κ3) is 3.28. The van der Waals surface area contributed by atoms with Gasteiger partial charge in [-0.3, -0.25) is 0 Å². The summed E-state index contributed by atoms with van der Waals surface area (Å²) in [6, 6.07) is 14.5. The molecule has 106 valence electrons. The lowest BCUT2D eigenvalue weighted by atomic mass is 10.1. The summed E-state index contributed by atoms with van der Waals surface area (Å²) in [7, 11) is 0. The quantitative estimate of drug-likeness (QED) is 0.750. The molecule has 0 saturated heterocycles. The Morgan fingerprint density at radius 3 is 2.57 bits per heavy atom. The summed E-state index contributed by atoms with van der Waals surface area (Å²) in [6.07, 6.45) is 1.06. The van der Waals surface area contributed by atoms with Crippen molar-refractivity contribution in [3.05, 3.63) is 59.1 Å². The minimum atomic E-state index is 0.831. The van der Waals surface area contributed by atoms with Crippen LogP contribution in [0.1, 0.15) is 18.2 Å². The first-order valence-corrected chi connectivity index (χ1v) is 7.88. The summed E-state index contributed by atoms with van der Waals surface area (Å²) in [5, 5.41) is 6.19. The highest BCUT2D eigenvalue weighted by molar-refractivity contribution is 7.14. The average Bonchev–Trinajstić information content (AvgIpc) is 2.96. The molecule has 2 aromatic heterocycles. The van der Waals surface area contributed by atoms with Crippen molar-refractivity contribution < 1.29 is 0 Å². The van der Waals surface area contributed by atoms with Crippen molar-refractivity contribution in [1.29, 1.82) is 0 Å². The molecule has 0 atom stereocenters. The Hall–Kier alpha value is -2.20. The molecule has 0 spiro atoms. The Kier molecular flexibility index (Phi) is 3.97. The number of pyridine rings is 1. The van der Waals surface area contributed by atoms with Gasteiger partial charge in [0.05, 0.1) is 5.69 Å². The molecule has 0 aliphatic rings. The zero-order chi connectivity index (χ0) is 14.7. The zero-order valence-corrected chi connectivity index (χ0v) is 12.9. The van der Waals surface area contributed by atoms with Crippen LogP contribution in [0.4, 0.5) is 10.9 Å². The van der Waals surface area contributed by atoms with Crippen molar-refractivity contribution in [2.24, 2.45) is 0 Å². The number of nitrogens with zero attached hydrogens (tertiary/aromatic N) is 2. The number of anilines is 2. The van der Waals surface area contributed by atoms with Gasteiger partial charge < -0.3 is 5.32 Å². The van der Waals surface area contributed by atoms with E-state index in [0.717, 1.165) is 34.3 Å². The molecule has 0 unspecified atom stereocenters. The van der Waals surface area contributed by atoms with Crippen LogP contribution in [0, 0.1) is 6.92 Å². The molecule has 3 rings (SSSR count). The maximum absolute atomic E-state index is 4.63. The fourth-order valence-corrected chi connectivity index (χ4v) is 2.82. The van der Waals surface area contributed by atoms with Crippen molar-refractivity contribution in [1.82, 2.24) is 9.97 Å². The summed E-state index contributed by atoms with van der Waals surface area (Å²) in [6.45, 7) is 4.14. The summed E-state index contributed by atoms with van der Waals surface area (Å²) in [5.41, 5.74) is 4.48. The van der Waals surface area contributed by atoms with Gasteiger partial charge in [-0.05, 0) is 31.0 Å². The first-order chi connectivity index (χ1) is 10.2. The number of rotatable bonds is 4. The maximum Gasteiger partial charge on any atom is 0.188 e. The first-order valence-electron chi connectivity index (χ1n) is 7.00. The summed E-state index contributed by atoms with van der Waals surface area (Å²) in [5.74, 6) is 0.831. The molecule has 0 aliphatic carbocycles. The second kappa shape index (κ2) is 6.06. The van der Waals surface area contributed by atoms with Gasteiger partial charge in [-0.2, -0.15) is 0 Å². The van der Waals surface area contributed by atoms with Crippen LogP contribution in [0.25, 0.3) is 11.3 Å². The van der Waals surface area contributed by atoms with Crippen LogP contribution in [0.3, 0.4) is 0 Å². The molecule has 0 aliphatic heterocycles. The van der Waals surface area contributed by atoms with Gasteiger partial charge in [-0.25, -0.2) is 9.97 Å². The Balaban J connectivity index is 1.79. The van der Waals surface area contributed by atoms with E-state index in [2.05, 4.69) is 51.9 Å². The molecular weight excluding hydrogens is 278 g/mol. The second-order valence-corrected chi connectivity index (χ2v) is 5.74. The molecule has 4 heteroatoms. The van der Waals surface area contributed by atoms with Crippen LogP contribution >= 0.6 is 11.3 Å². The van der Waals surface area contributed by atoms with Crippen LogP contribution in [0.2, 0.25) is 0 Å². The van der Waals surface area contributed by atoms with E-state index in [1.807, 2.05) is 25.1 Å². The van der Waals surface area contributed by atoms with E-state index in [0.29, 0.717) is 0 Å². The van der Waals surface area contributed by atoms with Crippen LogP contribution in [-0.2, 0) is 6.42 Å². The van der Waals surface area contributed by atoms with Crippen molar-refractivity contribution in [3.8, 4) is 11.3 Å². The smallest absolute Gasteiger partial charge is 0.188 e. The van der Waals surface area contributed by atoms with Gasteiger partial charge in [0.2, 0.25) is 0 Å². The van der Waals surface area contributed by atoms with E-state index in [-0.39, 0.29) is 0 Å². The van der Waals surface area contributed by atoms with Crippen LogP contribution < -0.4 is 5.32 Å². The molecular formula is C17H17N3S. The van der Waals surface area contributed by atoms with Crippen molar-refractivity contribution in [3.63, 3.8) is 0 Å². The largest absolute Gasteiger partial charge is 0.316 e. The fourth-order valence-electron chi connectivity index (χ4n) is 2.10. The van der Waals surface area contributed by atoms with Crippen LogP contribution in [0.15, 0.2) is 47.8 Å². The molecule has 0 radical (unpaired) electrons.